The van der Waals surface area contributed by atoms with Crippen LogP contribution in [0, 0.1) is 0 Å². The van der Waals surface area contributed by atoms with E-state index in [1.54, 1.807) is 6.07 Å². The number of carbonyl (C=O) groups excluding carboxylic acids is 1. The summed E-state index contributed by atoms with van der Waals surface area (Å²) in [5.74, 6) is 1.20. The number of hydrogen-bond donors (Lipinski definition) is 0. The molecule has 2 aromatic carbocycles. The van der Waals surface area contributed by atoms with E-state index < -0.39 is 0 Å². The smallest absolute Gasteiger partial charge is 0.200 e. The number of ether oxygens (including phenoxy) is 1. The molecule has 0 fully saturated rings. The third kappa shape index (κ3) is 4.18. The number of para-hydroxylation sites is 1. The molecule has 0 aromatic heterocycles. The number of Topliss-reactive ketones (excluding diaryl/α,β-unsaturated/α-hetero) is 1. The van der Waals surface area contributed by atoms with E-state index in [-0.39, 0.29) is 12.4 Å². The molecule has 0 bridgehead atoms. The Hall–Kier alpha value is -1.61. The van der Waals surface area contributed by atoms with Crippen LogP contribution in [0.4, 0.5) is 0 Å². The van der Waals surface area contributed by atoms with Gasteiger partial charge in [-0.3, -0.25) is 4.79 Å². The van der Waals surface area contributed by atoms with Gasteiger partial charge in [0.1, 0.15) is 5.75 Å². The zero-order valence-electron chi connectivity index (χ0n) is 12.3. The van der Waals surface area contributed by atoms with Gasteiger partial charge < -0.3 is 4.74 Å². The monoisotopic (exact) mass is 346 g/mol. The van der Waals surface area contributed by atoms with Crippen molar-refractivity contribution in [2.75, 3.05) is 6.61 Å². The average molecular weight is 347 g/mol. The summed E-state index contributed by atoms with van der Waals surface area (Å²) in [4.78, 5) is 12.2. The predicted octanol–water partition coefficient (Wildman–Crippen LogP) is 5.22. The topological polar surface area (TPSA) is 26.3 Å². The van der Waals surface area contributed by atoms with Crippen LogP contribution in [0.1, 0.15) is 42.1 Å². The van der Waals surface area contributed by atoms with Gasteiger partial charge in [-0.25, -0.2) is 0 Å². The van der Waals surface area contributed by atoms with Gasteiger partial charge in [0.15, 0.2) is 12.4 Å². The number of rotatable bonds is 6. The SMILES string of the molecule is CCC(C)c1ccccc1OCC(=O)c1cccc(Br)c1. The zero-order chi connectivity index (χ0) is 15.2. The largest absolute Gasteiger partial charge is 0.485 e. The number of halogens is 1. The molecule has 2 rings (SSSR count). The third-order valence-corrected chi connectivity index (χ3v) is 4.06. The van der Waals surface area contributed by atoms with E-state index in [4.69, 9.17) is 4.74 Å². The predicted molar refractivity (Wildman–Crippen MR) is 89.1 cm³/mol. The summed E-state index contributed by atoms with van der Waals surface area (Å²) in [5, 5.41) is 0. The minimum absolute atomic E-state index is 0.0183. The molecule has 0 aliphatic heterocycles. The fourth-order valence-electron chi connectivity index (χ4n) is 2.13. The molecule has 0 spiro atoms. The normalized spacial score (nSPS) is 12.0. The van der Waals surface area contributed by atoms with Crippen LogP contribution in [-0.4, -0.2) is 12.4 Å². The van der Waals surface area contributed by atoms with E-state index in [0.29, 0.717) is 11.5 Å². The van der Waals surface area contributed by atoms with Gasteiger partial charge in [0.25, 0.3) is 0 Å². The van der Waals surface area contributed by atoms with Crippen molar-refractivity contribution in [3.05, 3.63) is 64.1 Å². The molecule has 0 amide bonds. The Morgan fingerprint density at radius 1 is 1.19 bits per heavy atom. The number of benzene rings is 2. The van der Waals surface area contributed by atoms with Gasteiger partial charge in [0.2, 0.25) is 0 Å². The lowest BCUT2D eigenvalue weighted by molar-refractivity contribution is 0.0920. The molecule has 1 unspecified atom stereocenters. The first-order valence-electron chi connectivity index (χ1n) is 7.12. The molecule has 0 saturated heterocycles. The Morgan fingerprint density at radius 3 is 2.67 bits per heavy atom. The molecule has 0 radical (unpaired) electrons. The summed E-state index contributed by atoms with van der Waals surface area (Å²) in [5.41, 5.74) is 1.81. The zero-order valence-corrected chi connectivity index (χ0v) is 13.9. The van der Waals surface area contributed by atoms with Gasteiger partial charge in [0.05, 0.1) is 0 Å². The van der Waals surface area contributed by atoms with Crippen molar-refractivity contribution < 1.29 is 9.53 Å². The first-order chi connectivity index (χ1) is 10.1. The Kier molecular flexibility index (Phi) is 5.57. The van der Waals surface area contributed by atoms with Gasteiger partial charge in [-0.2, -0.15) is 0 Å². The molecule has 2 aromatic rings. The lowest BCUT2D eigenvalue weighted by atomic mass is 9.98. The summed E-state index contributed by atoms with van der Waals surface area (Å²) in [6.45, 7) is 4.37. The van der Waals surface area contributed by atoms with Crippen LogP contribution in [0.2, 0.25) is 0 Å². The molecule has 1 atom stereocenters. The molecule has 0 heterocycles. The van der Waals surface area contributed by atoms with Crippen LogP contribution in [0.25, 0.3) is 0 Å². The molecule has 0 aliphatic rings. The van der Waals surface area contributed by atoms with E-state index in [2.05, 4.69) is 35.8 Å². The lowest BCUT2D eigenvalue weighted by Gasteiger charge is -2.15. The van der Waals surface area contributed by atoms with E-state index in [1.165, 1.54) is 0 Å². The van der Waals surface area contributed by atoms with Crippen molar-refractivity contribution in [2.24, 2.45) is 0 Å². The Balaban J connectivity index is 2.08. The van der Waals surface area contributed by atoms with Crippen molar-refractivity contribution in [2.45, 2.75) is 26.2 Å². The van der Waals surface area contributed by atoms with Crippen LogP contribution >= 0.6 is 15.9 Å². The Labute approximate surface area is 134 Å². The molecule has 2 nitrogen and oxygen atoms in total. The number of carbonyl (C=O) groups is 1. The van der Waals surface area contributed by atoms with E-state index in [1.807, 2.05) is 36.4 Å². The first kappa shape index (κ1) is 15.8. The van der Waals surface area contributed by atoms with E-state index in [0.717, 1.165) is 22.2 Å². The Morgan fingerprint density at radius 2 is 1.95 bits per heavy atom. The summed E-state index contributed by atoms with van der Waals surface area (Å²) in [7, 11) is 0. The van der Waals surface area contributed by atoms with Gasteiger partial charge in [-0.05, 0) is 36.1 Å². The maximum absolute atomic E-state index is 12.2. The van der Waals surface area contributed by atoms with Crippen LogP contribution in [-0.2, 0) is 0 Å². The van der Waals surface area contributed by atoms with Crippen molar-refractivity contribution in [3.63, 3.8) is 0 Å². The van der Waals surface area contributed by atoms with Crippen LogP contribution in [0.3, 0.4) is 0 Å². The Bertz CT molecular complexity index is 622. The lowest BCUT2D eigenvalue weighted by Crippen LogP contribution is -2.12. The van der Waals surface area contributed by atoms with Crippen molar-refractivity contribution in [1.82, 2.24) is 0 Å². The van der Waals surface area contributed by atoms with E-state index in [9.17, 15) is 4.79 Å². The second-order valence-corrected chi connectivity index (χ2v) is 5.98. The molecule has 0 saturated carbocycles. The summed E-state index contributed by atoms with van der Waals surface area (Å²) < 4.78 is 6.65. The van der Waals surface area contributed by atoms with Crippen molar-refractivity contribution in [3.8, 4) is 5.75 Å². The third-order valence-electron chi connectivity index (χ3n) is 3.57. The molecular formula is C18H19BrO2. The van der Waals surface area contributed by atoms with Gasteiger partial charge in [-0.15, -0.1) is 0 Å². The molecule has 3 heteroatoms. The van der Waals surface area contributed by atoms with E-state index >= 15 is 0 Å². The number of hydrogen-bond acceptors (Lipinski definition) is 2. The van der Waals surface area contributed by atoms with Crippen molar-refractivity contribution in [1.29, 1.82) is 0 Å². The average Bonchev–Trinajstić information content (AvgIpc) is 2.52. The molecule has 110 valence electrons. The number of ketones is 1. The van der Waals surface area contributed by atoms with Crippen molar-refractivity contribution >= 4 is 21.7 Å². The minimum atomic E-state index is -0.0183. The summed E-state index contributed by atoms with van der Waals surface area (Å²) in [6.07, 6.45) is 1.04. The highest BCUT2D eigenvalue weighted by Crippen LogP contribution is 2.28. The van der Waals surface area contributed by atoms with Crippen LogP contribution in [0.15, 0.2) is 53.0 Å². The van der Waals surface area contributed by atoms with Crippen LogP contribution < -0.4 is 4.74 Å². The first-order valence-corrected chi connectivity index (χ1v) is 7.91. The van der Waals surface area contributed by atoms with Crippen LogP contribution in [0.5, 0.6) is 5.75 Å². The fourth-order valence-corrected chi connectivity index (χ4v) is 2.53. The summed E-state index contributed by atoms with van der Waals surface area (Å²) in [6, 6.07) is 15.3. The molecule has 0 N–H and O–H groups in total. The quantitative estimate of drug-likeness (QED) is 0.670. The summed E-state index contributed by atoms with van der Waals surface area (Å²) >= 11 is 3.37. The minimum Gasteiger partial charge on any atom is -0.485 e. The highest BCUT2D eigenvalue weighted by molar-refractivity contribution is 9.10. The maximum atomic E-state index is 12.2. The van der Waals surface area contributed by atoms with Gasteiger partial charge in [0, 0.05) is 10.0 Å². The highest BCUT2D eigenvalue weighted by Gasteiger charge is 2.12. The molecular weight excluding hydrogens is 328 g/mol. The standard InChI is InChI=1S/C18H19BrO2/c1-3-13(2)16-9-4-5-10-18(16)21-12-17(20)14-7-6-8-15(19)11-14/h4-11,13H,3,12H2,1-2H3. The fraction of sp³-hybridized carbons (Fsp3) is 0.278. The maximum Gasteiger partial charge on any atom is 0.200 e. The highest BCUT2D eigenvalue weighted by atomic mass is 79.9. The molecule has 21 heavy (non-hydrogen) atoms. The van der Waals surface area contributed by atoms with Gasteiger partial charge >= 0.3 is 0 Å². The second-order valence-electron chi connectivity index (χ2n) is 5.07. The van der Waals surface area contributed by atoms with Gasteiger partial charge in [-0.1, -0.05) is 60.1 Å². The second kappa shape index (κ2) is 7.41. The molecule has 0 aliphatic carbocycles.